The Hall–Kier alpha value is -1.32. The Balaban J connectivity index is 2.29. The second kappa shape index (κ2) is 5.76. The Morgan fingerprint density at radius 2 is 2.05 bits per heavy atom. The maximum absolute atomic E-state index is 13.8. The number of likely N-dealkylation sites (N-methyl/N-ethyl adjacent to an activating group) is 1. The summed E-state index contributed by atoms with van der Waals surface area (Å²) in [5.41, 5.74) is 1.66. The van der Waals surface area contributed by atoms with Gasteiger partial charge in [0.25, 0.3) is 0 Å². The molecule has 0 spiro atoms. The van der Waals surface area contributed by atoms with Gasteiger partial charge in [0.15, 0.2) is 0 Å². The summed E-state index contributed by atoms with van der Waals surface area (Å²) in [6.45, 7) is 3.82. The van der Waals surface area contributed by atoms with Gasteiger partial charge < -0.3 is 9.73 Å². The first-order chi connectivity index (χ1) is 9.01. The highest BCUT2D eigenvalue weighted by Crippen LogP contribution is 2.26. The molecule has 0 aliphatic carbocycles. The Morgan fingerprint density at radius 1 is 1.32 bits per heavy atom. The van der Waals surface area contributed by atoms with E-state index < -0.39 is 0 Å². The molecule has 1 N–H and O–H groups in total. The summed E-state index contributed by atoms with van der Waals surface area (Å²) in [4.78, 5) is 0. The minimum atomic E-state index is -0.234. The number of rotatable bonds is 4. The van der Waals surface area contributed by atoms with Crippen molar-refractivity contribution in [2.45, 2.75) is 26.3 Å². The highest BCUT2D eigenvalue weighted by Gasteiger charge is 2.17. The van der Waals surface area contributed by atoms with E-state index in [-0.39, 0.29) is 11.9 Å². The van der Waals surface area contributed by atoms with E-state index in [1.165, 1.54) is 6.07 Å². The SMILES string of the molecule is CNC(Cc1cc(Cl)ccc1F)c1cc(C)oc1C. The fourth-order valence-corrected chi connectivity index (χ4v) is 2.48. The van der Waals surface area contributed by atoms with Gasteiger partial charge in [0.2, 0.25) is 0 Å². The lowest BCUT2D eigenvalue weighted by Crippen LogP contribution is -2.19. The smallest absolute Gasteiger partial charge is 0.126 e. The lowest BCUT2D eigenvalue weighted by atomic mass is 9.99. The van der Waals surface area contributed by atoms with Crippen LogP contribution in [-0.4, -0.2) is 7.05 Å². The number of halogens is 2. The van der Waals surface area contributed by atoms with Crippen LogP contribution < -0.4 is 5.32 Å². The van der Waals surface area contributed by atoms with Crippen LogP contribution in [0.15, 0.2) is 28.7 Å². The largest absolute Gasteiger partial charge is 0.466 e. The molecule has 0 aliphatic heterocycles. The van der Waals surface area contributed by atoms with Crippen molar-refractivity contribution in [3.05, 3.63) is 57.8 Å². The molecule has 2 rings (SSSR count). The van der Waals surface area contributed by atoms with Crippen LogP contribution in [0, 0.1) is 19.7 Å². The van der Waals surface area contributed by atoms with Gasteiger partial charge in [-0.25, -0.2) is 4.39 Å². The number of hydrogen-bond acceptors (Lipinski definition) is 2. The summed E-state index contributed by atoms with van der Waals surface area (Å²) >= 11 is 5.92. The van der Waals surface area contributed by atoms with Crippen LogP contribution in [0.4, 0.5) is 4.39 Å². The zero-order valence-electron chi connectivity index (χ0n) is 11.3. The fourth-order valence-electron chi connectivity index (χ4n) is 2.28. The van der Waals surface area contributed by atoms with E-state index in [4.69, 9.17) is 16.0 Å². The van der Waals surface area contributed by atoms with Gasteiger partial charge in [-0.2, -0.15) is 0 Å². The van der Waals surface area contributed by atoms with Gasteiger partial charge in [-0.05, 0) is 57.1 Å². The normalized spacial score (nSPS) is 12.7. The maximum Gasteiger partial charge on any atom is 0.126 e. The quantitative estimate of drug-likeness (QED) is 0.909. The molecule has 1 aromatic heterocycles. The molecule has 1 aromatic carbocycles. The van der Waals surface area contributed by atoms with Crippen molar-refractivity contribution in [1.82, 2.24) is 5.32 Å². The van der Waals surface area contributed by atoms with Gasteiger partial charge in [-0.3, -0.25) is 0 Å². The zero-order chi connectivity index (χ0) is 14.0. The summed E-state index contributed by atoms with van der Waals surface area (Å²) in [5.74, 6) is 1.49. The standard InChI is InChI=1S/C15H17ClFNO/c1-9-6-13(10(2)19-9)15(18-3)8-11-7-12(16)4-5-14(11)17/h4-7,15,18H,8H2,1-3H3. The predicted octanol–water partition coefficient (Wildman–Crippen LogP) is 4.19. The molecule has 19 heavy (non-hydrogen) atoms. The first kappa shape index (κ1) is 14.1. The average molecular weight is 282 g/mol. The number of furan rings is 1. The summed E-state index contributed by atoms with van der Waals surface area (Å²) in [7, 11) is 1.86. The summed E-state index contributed by atoms with van der Waals surface area (Å²) in [6.07, 6.45) is 0.530. The number of hydrogen-bond donors (Lipinski definition) is 1. The van der Waals surface area contributed by atoms with Crippen molar-refractivity contribution < 1.29 is 8.81 Å². The molecular weight excluding hydrogens is 265 g/mol. The van der Waals surface area contributed by atoms with Gasteiger partial charge in [0.05, 0.1) is 0 Å². The molecule has 0 saturated carbocycles. The highest BCUT2D eigenvalue weighted by atomic mass is 35.5. The van der Waals surface area contributed by atoms with E-state index >= 15 is 0 Å². The van der Waals surface area contributed by atoms with Crippen LogP contribution in [0.5, 0.6) is 0 Å². The van der Waals surface area contributed by atoms with Crippen molar-refractivity contribution in [2.24, 2.45) is 0 Å². The predicted molar refractivity (Wildman–Crippen MR) is 75.1 cm³/mol. The molecule has 0 radical (unpaired) electrons. The van der Waals surface area contributed by atoms with Crippen molar-refractivity contribution in [3.63, 3.8) is 0 Å². The van der Waals surface area contributed by atoms with E-state index in [1.807, 2.05) is 27.0 Å². The van der Waals surface area contributed by atoms with Crippen LogP contribution >= 0.6 is 11.6 Å². The molecule has 0 amide bonds. The van der Waals surface area contributed by atoms with Crippen molar-refractivity contribution >= 4 is 11.6 Å². The number of benzene rings is 1. The van der Waals surface area contributed by atoms with Crippen molar-refractivity contribution in [1.29, 1.82) is 0 Å². The third-order valence-corrected chi connectivity index (χ3v) is 3.47. The Kier molecular flexibility index (Phi) is 4.27. The molecule has 1 heterocycles. The van der Waals surface area contributed by atoms with Crippen molar-refractivity contribution in [3.8, 4) is 0 Å². The number of aryl methyl sites for hydroxylation is 2. The van der Waals surface area contributed by atoms with E-state index in [0.29, 0.717) is 17.0 Å². The second-order valence-electron chi connectivity index (χ2n) is 4.65. The molecule has 1 atom stereocenters. The first-order valence-electron chi connectivity index (χ1n) is 6.19. The second-order valence-corrected chi connectivity index (χ2v) is 5.09. The maximum atomic E-state index is 13.8. The average Bonchev–Trinajstić information content (AvgIpc) is 2.69. The van der Waals surface area contributed by atoms with Gasteiger partial charge >= 0.3 is 0 Å². The molecule has 102 valence electrons. The van der Waals surface area contributed by atoms with Crippen LogP contribution in [0.3, 0.4) is 0 Å². The van der Waals surface area contributed by atoms with E-state index in [9.17, 15) is 4.39 Å². The topological polar surface area (TPSA) is 25.2 Å². The van der Waals surface area contributed by atoms with Crippen molar-refractivity contribution in [2.75, 3.05) is 7.05 Å². The molecule has 0 bridgehead atoms. The third kappa shape index (κ3) is 3.17. The molecule has 2 aromatic rings. The van der Waals surface area contributed by atoms with Gasteiger partial charge in [0, 0.05) is 16.6 Å². The highest BCUT2D eigenvalue weighted by molar-refractivity contribution is 6.30. The lowest BCUT2D eigenvalue weighted by molar-refractivity contribution is 0.488. The summed E-state index contributed by atoms with van der Waals surface area (Å²) < 4.78 is 19.3. The van der Waals surface area contributed by atoms with Crippen LogP contribution in [0.1, 0.15) is 28.7 Å². The monoisotopic (exact) mass is 281 g/mol. The first-order valence-corrected chi connectivity index (χ1v) is 6.57. The Labute approximate surface area is 117 Å². The van der Waals surface area contributed by atoms with E-state index in [2.05, 4.69) is 5.32 Å². The van der Waals surface area contributed by atoms with Gasteiger partial charge in [0.1, 0.15) is 17.3 Å². The van der Waals surface area contributed by atoms with E-state index in [0.717, 1.165) is 17.1 Å². The third-order valence-electron chi connectivity index (χ3n) is 3.24. The Morgan fingerprint density at radius 3 is 2.63 bits per heavy atom. The molecule has 0 saturated heterocycles. The molecular formula is C15H17ClFNO. The summed E-state index contributed by atoms with van der Waals surface area (Å²) in [5, 5.41) is 3.75. The summed E-state index contributed by atoms with van der Waals surface area (Å²) in [6, 6.07) is 6.62. The van der Waals surface area contributed by atoms with Crippen LogP contribution in [0.2, 0.25) is 5.02 Å². The van der Waals surface area contributed by atoms with E-state index in [1.54, 1.807) is 12.1 Å². The molecule has 0 aliphatic rings. The van der Waals surface area contributed by atoms with Crippen LogP contribution in [0.25, 0.3) is 0 Å². The minimum Gasteiger partial charge on any atom is -0.466 e. The van der Waals surface area contributed by atoms with Gasteiger partial charge in [-0.15, -0.1) is 0 Å². The molecule has 2 nitrogen and oxygen atoms in total. The molecule has 0 fully saturated rings. The van der Waals surface area contributed by atoms with Crippen LogP contribution in [-0.2, 0) is 6.42 Å². The zero-order valence-corrected chi connectivity index (χ0v) is 12.0. The molecule has 1 unspecified atom stereocenters. The molecule has 4 heteroatoms. The fraction of sp³-hybridized carbons (Fsp3) is 0.333. The Bertz CT molecular complexity index is 580. The lowest BCUT2D eigenvalue weighted by Gasteiger charge is -2.16. The minimum absolute atomic E-state index is 0.00502. The number of nitrogens with one attached hydrogen (secondary N) is 1. The van der Waals surface area contributed by atoms with Gasteiger partial charge in [-0.1, -0.05) is 11.6 Å².